The van der Waals surface area contributed by atoms with Crippen molar-refractivity contribution in [2.45, 2.75) is 19.8 Å². The van der Waals surface area contributed by atoms with Crippen molar-refractivity contribution in [3.63, 3.8) is 0 Å². The Morgan fingerprint density at radius 3 is 2.59 bits per heavy atom. The van der Waals surface area contributed by atoms with E-state index in [4.69, 9.17) is 4.74 Å². The van der Waals surface area contributed by atoms with E-state index in [-0.39, 0.29) is 0 Å². The standard InChI is InChI=1S/C14H22BrNO/c1-3-8-16-10-13(11-17-2)9-12-4-6-14(15)7-5-12/h4-7,13,16H,3,8-11H2,1-2H3. The molecule has 17 heavy (non-hydrogen) atoms. The minimum absolute atomic E-state index is 0.549. The van der Waals surface area contributed by atoms with Crippen molar-refractivity contribution in [1.82, 2.24) is 5.32 Å². The van der Waals surface area contributed by atoms with Crippen LogP contribution < -0.4 is 5.32 Å². The van der Waals surface area contributed by atoms with Gasteiger partial charge in [-0.25, -0.2) is 0 Å². The molecule has 0 saturated heterocycles. The van der Waals surface area contributed by atoms with Gasteiger partial charge in [0, 0.05) is 18.1 Å². The van der Waals surface area contributed by atoms with Crippen molar-refractivity contribution in [3.8, 4) is 0 Å². The number of methoxy groups -OCH3 is 1. The highest BCUT2D eigenvalue weighted by atomic mass is 79.9. The molecule has 1 aromatic carbocycles. The van der Waals surface area contributed by atoms with Gasteiger partial charge < -0.3 is 10.1 Å². The van der Waals surface area contributed by atoms with Gasteiger partial charge in [0.25, 0.3) is 0 Å². The molecule has 96 valence electrons. The Morgan fingerprint density at radius 1 is 1.29 bits per heavy atom. The third-order valence-electron chi connectivity index (χ3n) is 2.70. The predicted molar refractivity (Wildman–Crippen MR) is 76.4 cm³/mol. The zero-order valence-electron chi connectivity index (χ0n) is 10.7. The van der Waals surface area contributed by atoms with Crippen LogP contribution in [0.25, 0.3) is 0 Å². The molecule has 3 heteroatoms. The number of hydrogen-bond acceptors (Lipinski definition) is 2. The van der Waals surface area contributed by atoms with Crippen LogP contribution in [0.2, 0.25) is 0 Å². The fourth-order valence-electron chi connectivity index (χ4n) is 1.86. The molecule has 0 amide bonds. The molecule has 1 N–H and O–H groups in total. The average molecular weight is 300 g/mol. The minimum Gasteiger partial charge on any atom is -0.384 e. The van der Waals surface area contributed by atoms with Crippen molar-refractivity contribution >= 4 is 15.9 Å². The summed E-state index contributed by atoms with van der Waals surface area (Å²) < 4.78 is 6.41. The van der Waals surface area contributed by atoms with Gasteiger partial charge in [0.1, 0.15) is 0 Å². The van der Waals surface area contributed by atoms with E-state index in [0.29, 0.717) is 5.92 Å². The molecule has 0 fully saturated rings. The third-order valence-corrected chi connectivity index (χ3v) is 3.23. The first kappa shape index (κ1) is 14.7. The Hall–Kier alpha value is -0.380. The van der Waals surface area contributed by atoms with E-state index < -0.39 is 0 Å². The molecule has 1 rings (SSSR count). The number of nitrogens with one attached hydrogen (secondary N) is 1. The summed E-state index contributed by atoms with van der Waals surface area (Å²) in [6.07, 6.45) is 2.25. The second-order valence-corrected chi connectivity index (χ2v) is 5.27. The van der Waals surface area contributed by atoms with Gasteiger partial charge in [0.2, 0.25) is 0 Å². The highest BCUT2D eigenvalue weighted by Gasteiger charge is 2.09. The molecule has 0 bridgehead atoms. The number of hydrogen-bond donors (Lipinski definition) is 1. The molecular weight excluding hydrogens is 278 g/mol. The summed E-state index contributed by atoms with van der Waals surface area (Å²) in [4.78, 5) is 0. The van der Waals surface area contributed by atoms with Crippen LogP contribution in [0.3, 0.4) is 0 Å². The van der Waals surface area contributed by atoms with Gasteiger partial charge in [-0.3, -0.25) is 0 Å². The SMILES string of the molecule is CCCNCC(COC)Cc1ccc(Br)cc1. The Bertz CT molecular complexity index is 300. The summed E-state index contributed by atoms with van der Waals surface area (Å²) in [6, 6.07) is 8.54. The normalized spacial score (nSPS) is 12.6. The van der Waals surface area contributed by atoms with Crippen LogP contribution in [-0.4, -0.2) is 26.8 Å². The second-order valence-electron chi connectivity index (χ2n) is 4.36. The van der Waals surface area contributed by atoms with Crippen molar-refractivity contribution in [1.29, 1.82) is 0 Å². The first-order chi connectivity index (χ1) is 8.26. The number of benzene rings is 1. The van der Waals surface area contributed by atoms with Gasteiger partial charge in [0.05, 0.1) is 6.61 Å². The Kier molecular flexibility index (Phi) is 7.49. The summed E-state index contributed by atoms with van der Waals surface area (Å²) >= 11 is 3.46. The molecule has 2 nitrogen and oxygen atoms in total. The summed E-state index contributed by atoms with van der Waals surface area (Å²) in [6.45, 7) is 5.11. The van der Waals surface area contributed by atoms with E-state index >= 15 is 0 Å². The highest BCUT2D eigenvalue weighted by Crippen LogP contribution is 2.14. The van der Waals surface area contributed by atoms with Crippen LogP contribution in [-0.2, 0) is 11.2 Å². The van der Waals surface area contributed by atoms with Gasteiger partial charge in [-0.05, 0) is 43.0 Å². The lowest BCUT2D eigenvalue weighted by Crippen LogP contribution is -2.27. The largest absolute Gasteiger partial charge is 0.384 e. The Morgan fingerprint density at radius 2 is 2.00 bits per heavy atom. The molecule has 0 aliphatic rings. The Balaban J connectivity index is 2.44. The lowest BCUT2D eigenvalue weighted by Gasteiger charge is -2.16. The maximum absolute atomic E-state index is 5.28. The van der Waals surface area contributed by atoms with Crippen molar-refractivity contribution in [2.75, 3.05) is 26.8 Å². The molecule has 0 saturated carbocycles. The molecule has 1 unspecified atom stereocenters. The second kappa shape index (κ2) is 8.67. The first-order valence-electron chi connectivity index (χ1n) is 6.20. The first-order valence-corrected chi connectivity index (χ1v) is 6.99. The van der Waals surface area contributed by atoms with Crippen LogP contribution in [0, 0.1) is 5.92 Å². The molecule has 0 aromatic heterocycles. The summed E-state index contributed by atoms with van der Waals surface area (Å²) in [5.41, 5.74) is 1.37. The van der Waals surface area contributed by atoms with E-state index in [1.807, 2.05) is 0 Å². The number of rotatable bonds is 8. The van der Waals surface area contributed by atoms with Crippen molar-refractivity contribution in [2.24, 2.45) is 5.92 Å². The van der Waals surface area contributed by atoms with Crippen LogP contribution in [0.4, 0.5) is 0 Å². The molecule has 0 aliphatic carbocycles. The van der Waals surface area contributed by atoms with Gasteiger partial charge in [0.15, 0.2) is 0 Å². The summed E-state index contributed by atoms with van der Waals surface area (Å²) in [5.74, 6) is 0.549. The monoisotopic (exact) mass is 299 g/mol. The highest BCUT2D eigenvalue weighted by molar-refractivity contribution is 9.10. The summed E-state index contributed by atoms with van der Waals surface area (Å²) in [7, 11) is 1.77. The van der Waals surface area contributed by atoms with E-state index in [2.05, 4.69) is 52.4 Å². The topological polar surface area (TPSA) is 21.3 Å². The van der Waals surface area contributed by atoms with Gasteiger partial charge >= 0.3 is 0 Å². The van der Waals surface area contributed by atoms with Crippen LogP contribution in [0.15, 0.2) is 28.7 Å². The molecule has 0 spiro atoms. The third kappa shape index (κ3) is 6.20. The fraction of sp³-hybridized carbons (Fsp3) is 0.571. The summed E-state index contributed by atoms with van der Waals surface area (Å²) in [5, 5.41) is 3.46. The quantitative estimate of drug-likeness (QED) is 0.744. The van der Waals surface area contributed by atoms with E-state index in [1.165, 1.54) is 12.0 Å². The van der Waals surface area contributed by atoms with Crippen LogP contribution >= 0.6 is 15.9 Å². The van der Waals surface area contributed by atoms with Gasteiger partial charge in [-0.2, -0.15) is 0 Å². The van der Waals surface area contributed by atoms with E-state index in [1.54, 1.807) is 7.11 Å². The maximum atomic E-state index is 5.28. The molecule has 1 atom stereocenters. The predicted octanol–water partition coefficient (Wildman–Crippen LogP) is 3.25. The van der Waals surface area contributed by atoms with Crippen molar-refractivity contribution in [3.05, 3.63) is 34.3 Å². The zero-order chi connectivity index (χ0) is 12.5. The number of ether oxygens (including phenoxy) is 1. The molecule has 0 heterocycles. The maximum Gasteiger partial charge on any atom is 0.0505 e. The lowest BCUT2D eigenvalue weighted by molar-refractivity contribution is 0.151. The molecule has 0 radical (unpaired) electrons. The van der Waals surface area contributed by atoms with E-state index in [9.17, 15) is 0 Å². The zero-order valence-corrected chi connectivity index (χ0v) is 12.3. The van der Waals surface area contributed by atoms with Crippen LogP contribution in [0.5, 0.6) is 0 Å². The molecular formula is C14H22BrNO. The lowest BCUT2D eigenvalue weighted by atomic mass is 10.00. The van der Waals surface area contributed by atoms with E-state index in [0.717, 1.165) is 30.6 Å². The molecule has 0 aliphatic heterocycles. The fourth-order valence-corrected chi connectivity index (χ4v) is 2.13. The molecule has 1 aromatic rings. The van der Waals surface area contributed by atoms with Gasteiger partial charge in [-0.15, -0.1) is 0 Å². The van der Waals surface area contributed by atoms with Gasteiger partial charge in [-0.1, -0.05) is 35.0 Å². The smallest absolute Gasteiger partial charge is 0.0505 e. The van der Waals surface area contributed by atoms with Crippen molar-refractivity contribution < 1.29 is 4.74 Å². The average Bonchev–Trinajstić information content (AvgIpc) is 2.32. The Labute approximate surface area is 113 Å². The number of halogens is 1. The minimum atomic E-state index is 0.549. The van der Waals surface area contributed by atoms with Crippen LogP contribution in [0.1, 0.15) is 18.9 Å².